The molecule has 1 atom stereocenters. The van der Waals surface area contributed by atoms with Gasteiger partial charge in [0.2, 0.25) is 5.88 Å². The van der Waals surface area contributed by atoms with Crippen molar-refractivity contribution < 1.29 is 14.6 Å². The van der Waals surface area contributed by atoms with Gasteiger partial charge in [0.25, 0.3) is 0 Å². The zero-order chi connectivity index (χ0) is 11.5. The summed E-state index contributed by atoms with van der Waals surface area (Å²) in [6, 6.07) is 1.86. The molecule has 0 radical (unpaired) electrons. The molecule has 1 aromatic heterocycles. The number of carboxylic acids is 1. The Labute approximate surface area is 93.5 Å². The fourth-order valence-corrected chi connectivity index (χ4v) is 1.94. The van der Waals surface area contributed by atoms with Crippen LogP contribution in [0.25, 0.3) is 0 Å². The van der Waals surface area contributed by atoms with Gasteiger partial charge in [-0.2, -0.15) is 0 Å². The molecule has 1 aliphatic rings. The minimum absolute atomic E-state index is 0.119. The Balaban J connectivity index is 2.34. The molecule has 86 valence electrons. The molecule has 0 saturated carbocycles. The third kappa shape index (κ3) is 1.99. The summed E-state index contributed by atoms with van der Waals surface area (Å²) in [5.41, 5.74) is 1.03. The lowest BCUT2D eigenvalue weighted by molar-refractivity contribution is 0.0692. The maximum absolute atomic E-state index is 11.0. The Bertz CT molecular complexity index is 400. The van der Waals surface area contributed by atoms with Crippen LogP contribution in [0.4, 0.5) is 0 Å². The average molecular weight is 222 g/mol. The van der Waals surface area contributed by atoms with Crippen LogP contribution in [0.2, 0.25) is 0 Å². The second kappa shape index (κ2) is 4.49. The van der Waals surface area contributed by atoms with Gasteiger partial charge in [0.15, 0.2) is 0 Å². The third-order valence-electron chi connectivity index (χ3n) is 2.76. The van der Waals surface area contributed by atoms with Gasteiger partial charge < -0.3 is 15.2 Å². The molecule has 0 aliphatic carbocycles. The SMILES string of the molecule is COc1ncc(C2CCCN2)cc1C(=O)O. The van der Waals surface area contributed by atoms with Gasteiger partial charge in [-0.25, -0.2) is 9.78 Å². The van der Waals surface area contributed by atoms with Gasteiger partial charge in [-0.15, -0.1) is 0 Å². The lowest BCUT2D eigenvalue weighted by Crippen LogP contribution is -2.14. The normalized spacial score (nSPS) is 19.7. The van der Waals surface area contributed by atoms with Crippen molar-refractivity contribution in [2.24, 2.45) is 0 Å². The zero-order valence-corrected chi connectivity index (χ0v) is 9.06. The first-order valence-corrected chi connectivity index (χ1v) is 5.23. The van der Waals surface area contributed by atoms with Crippen LogP contribution in [-0.2, 0) is 0 Å². The first kappa shape index (κ1) is 10.9. The maximum atomic E-state index is 11.0. The number of hydrogen-bond acceptors (Lipinski definition) is 4. The minimum Gasteiger partial charge on any atom is -0.480 e. The molecule has 2 heterocycles. The van der Waals surface area contributed by atoms with Crippen molar-refractivity contribution in [3.8, 4) is 5.88 Å². The number of ether oxygens (including phenoxy) is 1. The van der Waals surface area contributed by atoms with Crippen LogP contribution in [0.15, 0.2) is 12.3 Å². The quantitative estimate of drug-likeness (QED) is 0.804. The largest absolute Gasteiger partial charge is 0.480 e. The van der Waals surface area contributed by atoms with Gasteiger partial charge in [0.1, 0.15) is 5.56 Å². The van der Waals surface area contributed by atoms with E-state index < -0.39 is 5.97 Å². The van der Waals surface area contributed by atoms with E-state index >= 15 is 0 Å². The van der Waals surface area contributed by atoms with E-state index in [1.165, 1.54) is 7.11 Å². The van der Waals surface area contributed by atoms with E-state index in [0.29, 0.717) is 0 Å². The van der Waals surface area contributed by atoms with Crippen LogP contribution in [0.3, 0.4) is 0 Å². The molecule has 1 aliphatic heterocycles. The van der Waals surface area contributed by atoms with E-state index in [9.17, 15) is 4.79 Å². The van der Waals surface area contributed by atoms with Gasteiger partial charge in [0, 0.05) is 12.2 Å². The standard InChI is InChI=1S/C11H14N2O3/c1-16-10-8(11(14)15)5-7(6-13-10)9-3-2-4-12-9/h5-6,9,12H,2-4H2,1H3,(H,14,15). The number of pyridine rings is 1. The number of nitrogens with one attached hydrogen (secondary N) is 1. The highest BCUT2D eigenvalue weighted by atomic mass is 16.5. The van der Waals surface area contributed by atoms with Crippen molar-refractivity contribution in [1.29, 1.82) is 0 Å². The molecule has 1 fully saturated rings. The molecule has 5 nitrogen and oxygen atoms in total. The van der Waals surface area contributed by atoms with Crippen LogP contribution < -0.4 is 10.1 Å². The number of rotatable bonds is 3. The van der Waals surface area contributed by atoms with Gasteiger partial charge >= 0.3 is 5.97 Å². The molecule has 0 amide bonds. The van der Waals surface area contributed by atoms with Gasteiger partial charge in [-0.1, -0.05) is 0 Å². The Morgan fingerprint density at radius 2 is 2.50 bits per heavy atom. The highest BCUT2D eigenvalue weighted by Gasteiger charge is 2.20. The van der Waals surface area contributed by atoms with E-state index in [-0.39, 0.29) is 17.5 Å². The van der Waals surface area contributed by atoms with E-state index in [4.69, 9.17) is 9.84 Å². The van der Waals surface area contributed by atoms with E-state index in [2.05, 4.69) is 10.3 Å². The average Bonchev–Trinajstić information content (AvgIpc) is 2.81. The van der Waals surface area contributed by atoms with Crippen molar-refractivity contribution in [1.82, 2.24) is 10.3 Å². The Kier molecular flexibility index (Phi) is 3.05. The summed E-state index contributed by atoms with van der Waals surface area (Å²) < 4.78 is 4.91. The summed E-state index contributed by atoms with van der Waals surface area (Å²) in [5.74, 6) is -0.849. The third-order valence-corrected chi connectivity index (χ3v) is 2.76. The molecular formula is C11H14N2O3. The number of carboxylic acid groups (broad SMARTS) is 1. The lowest BCUT2D eigenvalue weighted by atomic mass is 10.1. The maximum Gasteiger partial charge on any atom is 0.341 e. The van der Waals surface area contributed by atoms with Crippen molar-refractivity contribution in [2.45, 2.75) is 18.9 Å². The molecular weight excluding hydrogens is 208 g/mol. The number of carbonyl (C=O) groups is 1. The predicted molar refractivity (Wildman–Crippen MR) is 57.7 cm³/mol. The molecule has 0 spiro atoms. The number of aromatic carboxylic acids is 1. The van der Waals surface area contributed by atoms with Crippen molar-refractivity contribution >= 4 is 5.97 Å². The Morgan fingerprint density at radius 1 is 1.69 bits per heavy atom. The Hall–Kier alpha value is -1.62. The molecule has 1 unspecified atom stereocenters. The van der Waals surface area contributed by atoms with E-state index in [1.54, 1.807) is 12.3 Å². The van der Waals surface area contributed by atoms with Crippen molar-refractivity contribution in [3.63, 3.8) is 0 Å². The van der Waals surface area contributed by atoms with Crippen molar-refractivity contribution in [2.75, 3.05) is 13.7 Å². The summed E-state index contributed by atoms with van der Waals surface area (Å²) in [7, 11) is 1.42. The second-order valence-corrected chi connectivity index (χ2v) is 3.78. The van der Waals surface area contributed by atoms with Crippen LogP contribution >= 0.6 is 0 Å². The molecule has 1 saturated heterocycles. The second-order valence-electron chi connectivity index (χ2n) is 3.78. The van der Waals surface area contributed by atoms with E-state index in [1.807, 2.05) is 0 Å². The molecule has 2 N–H and O–H groups in total. The smallest absolute Gasteiger partial charge is 0.341 e. The summed E-state index contributed by atoms with van der Waals surface area (Å²) in [6.45, 7) is 0.971. The number of methoxy groups -OCH3 is 1. The topological polar surface area (TPSA) is 71.5 Å². The minimum atomic E-state index is -1.01. The first-order valence-electron chi connectivity index (χ1n) is 5.23. The summed E-state index contributed by atoms with van der Waals surface area (Å²) in [5, 5.41) is 12.3. The molecule has 2 rings (SSSR count). The Morgan fingerprint density at radius 3 is 3.06 bits per heavy atom. The summed E-state index contributed by atoms with van der Waals surface area (Å²) in [6.07, 6.45) is 3.81. The highest BCUT2D eigenvalue weighted by molar-refractivity contribution is 5.90. The first-order chi connectivity index (χ1) is 7.72. The molecule has 0 aromatic carbocycles. The number of aromatic nitrogens is 1. The van der Waals surface area contributed by atoms with Crippen LogP contribution in [0, 0.1) is 0 Å². The molecule has 5 heteroatoms. The summed E-state index contributed by atoms with van der Waals surface area (Å²) in [4.78, 5) is 15.0. The number of nitrogens with zero attached hydrogens (tertiary/aromatic N) is 1. The molecule has 0 bridgehead atoms. The van der Waals surface area contributed by atoms with Crippen LogP contribution in [-0.4, -0.2) is 29.7 Å². The summed E-state index contributed by atoms with van der Waals surface area (Å²) >= 11 is 0. The van der Waals surface area contributed by atoms with Gasteiger partial charge in [0.05, 0.1) is 7.11 Å². The molecule has 16 heavy (non-hydrogen) atoms. The van der Waals surface area contributed by atoms with Crippen LogP contribution in [0.5, 0.6) is 5.88 Å². The van der Waals surface area contributed by atoms with E-state index in [0.717, 1.165) is 24.9 Å². The zero-order valence-electron chi connectivity index (χ0n) is 9.06. The predicted octanol–water partition coefficient (Wildman–Crippen LogP) is 1.21. The highest BCUT2D eigenvalue weighted by Crippen LogP contribution is 2.25. The number of hydrogen-bond donors (Lipinski definition) is 2. The lowest BCUT2D eigenvalue weighted by Gasteiger charge is -2.12. The fourth-order valence-electron chi connectivity index (χ4n) is 1.94. The van der Waals surface area contributed by atoms with Gasteiger partial charge in [-0.3, -0.25) is 0 Å². The van der Waals surface area contributed by atoms with Gasteiger partial charge in [-0.05, 0) is 31.0 Å². The van der Waals surface area contributed by atoms with Crippen molar-refractivity contribution in [3.05, 3.63) is 23.4 Å². The van der Waals surface area contributed by atoms with Crippen LogP contribution in [0.1, 0.15) is 34.8 Å². The monoisotopic (exact) mass is 222 g/mol. The molecule has 1 aromatic rings. The fraction of sp³-hybridized carbons (Fsp3) is 0.455.